The fourth-order valence-corrected chi connectivity index (χ4v) is 1.58. The number of halogens is 2. The van der Waals surface area contributed by atoms with Crippen LogP contribution in [0.2, 0.25) is 0 Å². The second-order valence-corrected chi connectivity index (χ2v) is 5.37. The van der Waals surface area contributed by atoms with E-state index in [0.717, 1.165) is 6.21 Å². The molecule has 1 rings (SSSR count). The Labute approximate surface area is 128 Å². The van der Waals surface area contributed by atoms with Crippen LogP contribution < -0.4 is 9.75 Å². The average Bonchev–Trinajstić information content (AvgIpc) is 2.38. The summed E-state index contributed by atoms with van der Waals surface area (Å²) in [4.78, 5) is 11.6. The average molecular weight is 314 g/mol. The molecule has 0 spiro atoms. The zero-order valence-electron chi connectivity index (χ0n) is 13.0. The summed E-state index contributed by atoms with van der Waals surface area (Å²) in [5.74, 6) is -0.491. The molecule has 122 valence electrons. The molecular formula is C15H20F2N2O3. The Balaban J connectivity index is 2.73. The Bertz CT molecular complexity index is 511. The third kappa shape index (κ3) is 6.51. The van der Waals surface area contributed by atoms with Crippen molar-refractivity contribution >= 4 is 17.9 Å². The van der Waals surface area contributed by atoms with Crippen molar-refractivity contribution in [1.82, 2.24) is 0 Å². The van der Waals surface area contributed by atoms with Gasteiger partial charge in [-0.05, 0) is 52.0 Å². The molecule has 0 aliphatic rings. The van der Waals surface area contributed by atoms with Crippen molar-refractivity contribution in [3.63, 3.8) is 0 Å². The molecule has 0 unspecified atom stereocenters. The number of ether oxygens (including phenoxy) is 2. The summed E-state index contributed by atoms with van der Waals surface area (Å²) in [6, 6.07) is 5.97. The molecule has 5 nitrogen and oxygen atoms in total. The minimum Gasteiger partial charge on any atom is -0.456 e. The van der Waals surface area contributed by atoms with Crippen molar-refractivity contribution in [2.24, 2.45) is 5.10 Å². The number of carbonyl (C=O) groups is 1. The van der Waals surface area contributed by atoms with Gasteiger partial charge in [0.05, 0.1) is 5.69 Å². The molecule has 0 radical (unpaired) electrons. The van der Waals surface area contributed by atoms with Crippen LogP contribution in [0, 0.1) is 0 Å². The number of hydrazone groups is 1. The molecule has 7 heteroatoms. The van der Waals surface area contributed by atoms with Crippen molar-refractivity contribution in [1.29, 1.82) is 0 Å². The van der Waals surface area contributed by atoms with Gasteiger partial charge in [0.2, 0.25) is 0 Å². The molecule has 0 saturated carbocycles. The predicted molar refractivity (Wildman–Crippen MR) is 80.4 cm³/mol. The lowest BCUT2D eigenvalue weighted by atomic mass is 10.2. The van der Waals surface area contributed by atoms with Gasteiger partial charge in [-0.1, -0.05) is 0 Å². The summed E-state index contributed by atoms with van der Waals surface area (Å²) >= 11 is 0. The lowest BCUT2D eigenvalue weighted by Gasteiger charge is -2.19. The monoisotopic (exact) mass is 314 g/mol. The van der Waals surface area contributed by atoms with E-state index in [1.54, 1.807) is 32.9 Å². The molecule has 0 amide bonds. The van der Waals surface area contributed by atoms with Gasteiger partial charge in [-0.3, -0.25) is 5.01 Å². The quantitative estimate of drug-likeness (QED) is 0.458. The first-order valence-electron chi connectivity index (χ1n) is 6.80. The SMILES string of the molecule is CCN(/N=C\C(=O)OC(C)(C)C)c1ccc(OC(F)F)cc1. The van der Waals surface area contributed by atoms with Crippen LogP contribution in [0.4, 0.5) is 14.5 Å². The Hall–Kier alpha value is -2.18. The van der Waals surface area contributed by atoms with E-state index in [1.807, 2.05) is 6.92 Å². The number of alkyl halides is 2. The van der Waals surface area contributed by atoms with E-state index in [2.05, 4.69) is 9.84 Å². The summed E-state index contributed by atoms with van der Waals surface area (Å²) < 4.78 is 33.6. The van der Waals surface area contributed by atoms with Gasteiger partial charge in [0, 0.05) is 6.54 Å². The van der Waals surface area contributed by atoms with Crippen molar-refractivity contribution in [2.75, 3.05) is 11.6 Å². The first-order valence-corrected chi connectivity index (χ1v) is 6.80. The summed E-state index contributed by atoms with van der Waals surface area (Å²) in [7, 11) is 0. The highest BCUT2D eigenvalue weighted by molar-refractivity contribution is 6.23. The molecule has 1 aromatic carbocycles. The number of benzene rings is 1. The molecule has 0 aliphatic carbocycles. The molecule has 0 aromatic heterocycles. The van der Waals surface area contributed by atoms with Crippen molar-refractivity contribution < 1.29 is 23.0 Å². The van der Waals surface area contributed by atoms with E-state index in [9.17, 15) is 13.6 Å². The van der Waals surface area contributed by atoms with E-state index in [1.165, 1.54) is 17.1 Å². The van der Waals surface area contributed by atoms with Crippen molar-refractivity contribution in [2.45, 2.75) is 39.9 Å². The van der Waals surface area contributed by atoms with Gasteiger partial charge in [-0.2, -0.15) is 13.9 Å². The third-order valence-corrected chi connectivity index (χ3v) is 2.37. The number of nitrogens with zero attached hydrogens (tertiary/aromatic N) is 2. The molecule has 22 heavy (non-hydrogen) atoms. The molecule has 1 aromatic rings. The number of rotatable bonds is 6. The van der Waals surface area contributed by atoms with Crippen LogP contribution >= 0.6 is 0 Å². The molecular weight excluding hydrogens is 294 g/mol. The van der Waals surface area contributed by atoms with Crippen LogP contribution in [0.25, 0.3) is 0 Å². The smallest absolute Gasteiger partial charge is 0.387 e. The second kappa shape index (κ2) is 7.72. The zero-order chi connectivity index (χ0) is 16.8. The number of esters is 1. The molecule has 0 N–H and O–H groups in total. The normalized spacial score (nSPS) is 11.8. The first-order chi connectivity index (χ1) is 10.2. The fraction of sp³-hybridized carbons (Fsp3) is 0.467. The van der Waals surface area contributed by atoms with Crippen LogP contribution in [-0.4, -0.2) is 30.9 Å². The Morgan fingerprint density at radius 3 is 2.36 bits per heavy atom. The molecule has 0 saturated heterocycles. The zero-order valence-corrected chi connectivity index (χ0v) is 13.0. The van der Waals surface area contributed by atoms with Crippen LogP contribution in [-0.2, 0) is 9.53 Å². The van der Waals surface area contributed by atoms with Crippen LogP contribution in [0.1, 0.15) is 27.7 Å². The molecule has 0 heterocycles. The molecule has 0 fully saturated rings. The number of carbonyl (C=O) groups excluding carboxylic acids is 1. The minimum absolute atomic E-state index is 0.0610. The summed E-state index contributed by atoms with van der Waals surface area (Å²) in [5.41, 5.74) is 0.0536. The van der Waals surface area contributed by atoms with E-state index in [4.69, 9.17) is 4.74 Å². The number of anilines is 1. The number of hydrogen-bond donors (Lipinski definition) is 0. The lowest BCUT2D eigenvalue weighted by molar-refractivity contribution is -0.145. The van der Waals surface area contributed by atoms with Crippen molar-refractivity contribution in [3.05, 3.63) is 24.3 Å². The van der Waals surface area contributed by atoms with Gasteiger partial charge in [0.15, 0.2) is 0 Å². The van der Waals surface area contributed by atoms with Crippen molar-refractivity contribution in [3.8, 4) is 5.75 Å². The Morgan fingerprint density at radius 2 is 1.91 bits per heavy atom. The Kier molecular flexibility index (Phi) is 6.27. The van der Waals surface area contributed by atoms with Crippen LogP contribution in [0.5, 0.6) is 5.75 Å². The second-order valence-electron chi connectivity index (χ2n) is 5.37. The van der Waals surface area contributed by atoms with E-state index >= 15 is 0 Å². The van der Waals surface area contributed by atoms with Gasteiger partial charge < -0.3 is 9.47 Å². The maximum absolute atomic E-state index is 12.1. The maximum Gasteiger partial charge on any atom is 0.387 e. The number of hydrogen-bond acceptors (Lipinski definition) is 5. The van der Waals surface area contributed by atoms with Gasteiger partial charge in [-0.25, -0.2) is 4.79 Å². The maximum atomic E-state index is 12.1. The lowest BCUT2D eigenvalue weighted by Crippen LogP contribution is -2.25. The molecule has 0 bridgehead atoms. The van der Waals surface area contributed by atoms with Gasteiger partial charge >= 0.3 is 12.6 Å². The van der Waals surface area contributed by atoms with E-state index in [0.29, 0.717) is 12.2 Å². The minimum atomic E-state index is -2.86. The predicted octanol–water partition coefficient (Wildman–Crippen LogP) is 3.44. The highest BCUT2D eigenvalue weighted by Crippen LogP contribution is 2.21. The van der Waals surface area contributed by atoms with Gasteiger partial charge in [0.1, 0.15) is 17.6 Å². The standard InChI is InChI=1S/C15H20F2N2O3/c1-5-19(18-10-13(20)22-15(2,3)4)11-6-8-12(9-7-11)21-14(16)17/h6-10,14H,5H2,1-4H3/b18-10-. The van der Waals surface area contributed by atoms with Gasteiger partial charge in [-0.15, -0.1) is 0 Å². The summed E-state index contributed by atoms with van der Waals surface area (Å²) in [6.07, 6.45) is 1.08. The fourth-order valence-electron chi connectivity index (χ4n) is 1.58. The first kappa shape index (κ1) is 17.9. The molecule has 0 atom stereocenters. The highest BCUT2D eigenvalue weighted by atomic mass is 19.3. The summed E-state index contributed by atoms with van der Waals surface area (Å²) in [5, 5.41) is 5.57. The topological polar surface area (TPSA) is 51.1 Å². The van der Waals surface area contributed by atoms with Crippen LogP contribution in [0.3, 0.4) is 0 Å². The molecule has 0 aliphatic heterocycles. The van der Waals surface area contributed by atoms with E-state index < -0.39 is 18.2 Å². The Morgan fingerprint density at radius 1 is 1.32 bits per heavy atom. The summed E-state index contributed by atoms with van der Waals surface area (Å²) in [6.45, 7) is 4.76. The largest absolute Gasteiger partial charge is 0.456 e. The van der Waals surface area contributed by atoms with E-state index in [-0.39, 0.29) is 5.75 Å². The third-order valence-electron chi connectivity index (χ3n) is 2.37. The van der Waals surface area contributed by atoms with Gasteiger partial charge in [0.25, 0.3) is 0 Å². The van der Waals surface area contributed by atoms with Crippen LogP contribution in [0.15, 0.2) is 29.4 Å². The highest BCUT2D eigenvalue weighted by Gasteiger charge is 2.15.